The van der Waals surface area contributed by atoms with Crippen LogP contribution >= 0.6 is 0 Å². The number of aliphatic hydroxyl groups is 2. The molecule has 1 aliphatic rings. The number of ether oxygens (including phenoxy) is 1. The number of nitrogen functional groups attached to an aromatic ring is 1. The summed E-state index contributed by atoms with van der Waals surface area (Å²) in [5, 5.41) is 18.2. The first-order valence-corrected chi connectivity index (χ1v) is 4.83. The zero-order chi connectivity index (χ0) is 12.6. The number of hydrogen-bond donors (Lipinski definition) is 3. The van der Waals surface area contributed by atoms with Gasteiger partial charge in [0.2, 0.25) is 5.95 Å². The first-order valence-electron chi connectivity index (χ1n) is 4.83. The molecule has 0 spiro atoms. The molecule has 94 valence electrons. The molecule has 1 aromatic rings. The summed E-state index contributed by atoms with van der Waals surface area (Å²) in [4.78, 5) is 18.3. The van der Waals surface area contributed by atoms with Crippen molar-refractivity contribution in [2.75, 3.05) is 12.3 Å². The maximum absolute atomic E-state index is 13.7. The van der Waals surface area contributed by atoms with Crippen LogP contribution < -0.4 is 11.4 Å². The van der Waals surface area contributed by atoms with E-state index in [1.807, 2.05) is 0 Å². The minimum atomic E-state index is -1.85. The van der Waals surface area contributed by atoms with Crippen LogP contribution in [0.1, 0.15) is 6.23 Å². The van der Waals surface area contributed by atoms with Gasteiger partial charge in [-0.3, -0.25) is 4.57 Å². The lowest BCUT2D eigenvalue weighted by Crippen LogP contribution is -2.34. The first kappa shape index (κ1) is 11.9. The highest BCUT2D eigenvalue weighted by atomic mass is 19.1. The Balaban J connectivity index is 2.32. The number of halogens is 1. The smallest absolute Gasteiger partial charge is 0.354 e. The van der Waals surface area contributed by atoms with Gasteiger partial charge >= 0.3 is 5.69 Å². The minimum absolute atomic E-state index is 0.237. The quantitative estimate of drug-likeness (QED) is 0.541. The summed E-state index contributed by atoms with van der Waals surface area (Å²) in [5.41, 5.74) is 4.35. The fraction of sp³-hybridized carbons (Fsp3) is 0.625. The average Bonchev–Trinajstić information content (AvgIpc) is 2.57. The third kappa shape index (κ3) is 1.99. The van der Waals surface area contributed by atoms with E-state index in [2.05, 4.69) is 9.97 Å². The molecule has 8 nitrogen and oxygen atoms in total. The standard InChI is InChI=1S/C8H11FN4O4/c9-4-5(15)3(1-14)17-6(4)13-2-11-7(10)12-8(13)16/h2-6,14-15H,1H2,(H2,10,12,16)/t3-,4-,5-,6-/m1/s1. The van der Waals surface area contributed by atoms with Crippen molar-refractivity contribution >= 4 is 5.95 Å². The molecule has 1 aliphatic heterocycles. The molecule has 1 saturated heterocycles. The van der Waals surface area contributed by atoms with Crippen molar-refractivity contribution in [2.24, 2.45) is 0 Å². The molecule has 2 heterocycles. The second kappa shape index (κ2) is 4.35. The Labute approximate surface area is 94.5 Å². The molecule has 0 amide bonds. The van der Waals surface area contributed by atoms with Gasteiger partial charge in [-0.15, -0.1) is 0 Å². The molecular formula is C8H11FN4O4. The minimum Gasteiger partial charge on any atom is -0.394 e. The van der Waals surface area contributed by atoms with E-state index in [4.69, 9.17) is 15.6 Å². The molecule has 0 aliphatic carbocycles. The van der Waals surface area contributed by atoms with Gasteiger partial charge in [0.05, 0.1) is 6.61 Å². The van der Waals surface area contributed by atoms with Gasteiger partial charge in [-0.25, -0.2) is 14.2 Å². The Morgan fingerprint density at radius 2 is 2.35 bits per heavy atom. The molecule has 0 radical (unpaired) electrons. The summed E-state index contributed by atoms with van der Waals surface area (Å²) >= 11 is 0. The Morgan fingerprint density at radius 3 is 2.88 bits per heavy atom. The van der Waals surface area contributed by atoms with E-state index in [0.717, 1.165) is 10.9 Å². The number of anilines is 1. The summed E-state index contributed by atoms with van der Waals surface area (Å²) in [6, 6.07) is 0. The second-order valence-corrected chi connectivity index (χ2v) is 3.59. The number of nitrogens with two attached hydrogens (primary N) is 1. The lowest BCUT2D eigenvalue weighted by Gasteiger charge is -2.14. The van der Waals surface area contributed by atoms with Crippen LogP contribution in [0.2, 0.25) is 0 Å². The highest BCUT2D eigenvalue weighted by Crippen LogP contribution is 2.30. The van der Waals surface area contributed by atoms with Gasteiger partial charge in [-0.1, -0.05) is 0 Å². The van der Waals surface area contributed by atoms with Crippen LogP contribution in [0.5, 0.6) is 0 Å². The van der Waals surface area contributed by atoms with Gasteiger partial charge in [-0.2, -0.15) is 4.98 Å². The Kier molecular flexibility index (Phi) is 3.05. The molecule has 1 fully saturated rings. The number of nitrogens with zero attached hydrogens (tertiary/aromatic N) is 3. The summed E-state index contributed by atoms with van der Waals surface area (Å²) in [6.07, 6.45) is -4.82. The monoisotopic (exact) mass is 246 g/mol. The molecule has 1 aromatic heterocycles. The van der Waals surface area contributed by atoms with Crippen LogP contribution in [-0.2, 0) is 4.74 Å². The predicted octanol–water partition coefficient (Wildman–Crippen LogP) is -2.19. The van der Waals surface area contributed by atoms with Crippen molar-refractivity contribution in [2.45, 2.75) is 24.6 Å². The van der Waals surface area contributed by atoms with Crippen LogP contribution in [0, 0.1) is 0 Å². The molecule has 0 unspecified atom stereocenters. The van der Waals surface area contributed by atoms with Gasteiger partial charge in [-0.05, 0) is 0 Å². The van der Waals surface area contributed by atoms with E-state index in [9.17, 15) is 14.3 Å². The second-order valence-electron chi connectivity index (χ2n) is 3.59. The van der Waals surface area contributed by atoms with Crippen molar-refractivity contribution in [1.82, 2.24) is 14.5 Å². The highest BCUT2D eigenvalue weighted by Gasteiger charge is 2.45. The summed E-state index contributed by atoms with van der Waals surface area (Å²) < 4.78 is 19.4. The van der Waals surface area contributed by atoms with Crippen molar-refractivity contribution < 1.29 is 19.3 Å². The van der Waals surface area contributed by atoms with Crippen LogP contribution in [0.3, 0.4) is 0 Å². The van der Waals surface area contributed by atoms with E-state index in [1.54, 1.807) is 0 Å². The van der Waals surface area contributed by atoms with E-state index >= 15 is 0 Å². The molecule has 4 atom stereocenters. The fourth-order valence-electron chi connectivity index (χ4n) is 1.61. The van der Waals surface area contributed by atoms with E-state index < -0.39 is 36.9 Å². The van der Waals surface area contributed by atoms with Gasteiger partial charge in [0.25, 0.3) is 0 Å². The maximum atomic E-state index is 13.7. The third-order valence-electron chi connectivity index (χ3n) is 2.49. The van der Waals surface area contributed by atoms with Crippen LogP contribution in [0.25, 0.3) is 0 Å². The van der Waals surface area contributed by atoms with Crippen molar-refractivity contribution in [1.29, 1.82) is 0 Å². The Morgan fingerprint density at radius 1 is 1.65 bits per heavy atom. The Hall–Kier alpha value is -1.58. The topological polar surface area (TPSA) is 123 Å². The third-order valence-corrected chi connectivity index (χ3v) is 2.49. The number of aromatic nitrogens is 3. The van der Waals surface area contributed by atoms with Crippen LogP contribution in [0.15, 0.2) is 11.1 Å². The summed E-state index contributed by atoms with van der Waals surface area (Å²) in [7, 11) is 0. The molecule has 4 N–H and O–H groups in total. The molecule has 9 heteroatoms. The van der Waals surface area contributed by atoms with E-state index in [-0.39, 0.29) is 5.95 Å². The number of alkyl halides is 1. The molecular weight excluding hydrogens is 235 g/mol. The number of rotatable bonds is 2. The zero-order valence-corrected chi connectivity index (χ0v) is 8.60. The molecule has 0 aromatic carbocycles. The molecule has 0 saturated carbocycles. The van der Waals surface area contributed by atoms with Crippen molar-refractivity contribution in [3.05, 3.63) is 16.8 Å². The summed E-state index contributed by atoms with van der Waals surface area (Å²) in [6.45, 7) is -0.553. The average molecular weight is 246 g/mol. The zero-order valence-electron chi connectivity index (χ0n) is 8.60. The SMILES string of the molecule is Nc1ncn([C@@H]2O[C@H](CO)[C@@H](O)[C@H]2F)c(=O)n1. The van der Waals surface area contributed by atoms with Gasteiger partial charge in [0.15, 0.2) is 12.4 Å². The highest BCUT2D eigenvalue weighted by molar-refractivity contribution is 5.10. The maximum Gasteiger partial charge on any atom is 0.354 e. The largest absolute Gasteiger partial charge is 0.394 e. The number of hydrogen-bond acceptors (Lipinski definition) is 7. The fourth-order valence-corrected chi connectivity index (χ4v) is 1.61. The van der Waals surface area contributed by atoms with Crippen LogP contribution in [0.4, 0.5) is 10.3 Å². The summed E-state index contributed by atoms with van der Waals surface area (Å²) in [5.74, 6) is -0.237. The van der Waals surface area contributed by atoms with E-state index in [1.165, 1.54) is 0 Å². The van der Waals surface area contributed by atoms with Gasteiger partial charge in [0.1, 0.15) is 18.5 Å². The predicted molar refractivity (Wildman–Crippen MR) is 52.6 cm³/mol. The van der Waals surface area contributed by atoms with Crippen molar-refractivity contribution in [3.63, 3.8) is 0 Å². The van der Waals surface area contributed by atoms with Gasteiger partial charge in [0, 0.05) is 0 Å². The molecule has 0 bridgehead atoms. The number of aliphatic hydroxyl groups excluding tert-OH is 2. The lowest BCUT2D eigenvalue weighted by molar-refractivity contribution is -0.0495. The molecule has 17 heavy (non-hydrogen) atoms. The van der Waals surface area contributed by atoms with Crippen LogP contribution in [-0.4, -0.2) is 49.7 Å². The molecule has 2 rings (SSSR count). The van der Waals surface area contributed by atoms with Crippen molar-refractivity contribution in [3.8, 4) is 0 Å². The lowest BCUT2D eigenvalue weighted by atomic mass is 10.1. The Bertz CT molecular complexity index is 467. The van der Waals surface area contributed by atoms with E-state index in [0.29, 0.717) is 0 Å². The van der Waals surface area contributed by atoms with Gasteiger partial charge < -0.3 is 20.7 Å². The first-order chi connectivity index (χ1) is 8.04. The normalized spacial score (nSPS) is 32.9.